The lowest BCUT2D eigenvalue weighted by Crippen LogP contribution is -2.24. The molecule has 0 radical (unpaired) electrons. The Morgan fingerprint density at radius 3 is 2.36 bits per heavy atom. The molecule has 3 heteroatoms. The van der Waals surface area contributed by atoms with Crippen molar-refractivity contribution in [1.82, 2.24) is 0 Å². The summed E-state index contributed by atoms with van der Waals surface area (Å²) in [5.41, 5.74) is 1.16. The van der Waals surface area contributed by atoms with Gasteiger partial charge in [0.1, 0.15) is 5.75 Å². The highest BCUT2D eigenvalue weighted by Crippen LogP contribution is 2.13. The van der Waals surface area contributed by atoms with Crippen LogP contribution in [0.5, 0.6) is 5.75 Å². The lowest BCUT2D eigenvalue weighted by Gasteiger charge is -2.12. The SMILES string of the molecule is COC(=O)[C@@H](C)Oc1ccc(C)cc1. The third-order valence-corrected chi connectivity index (χ3v) is 1.87. The summed E-state index contributed by atoms with van der Waals surface area (Å²) in [7, 11) is 1.34. The normalized spacial score (nSPS) is 11.9. The fourth-order valence-corrected chi connectivity index (χ4v) is 1.04. The first-order chi connectivity index (χ1) is 6.63. The second kappa shape index (κ2) is 4.65. The van der Waals surface area contributed by atoms with Gasteiger partial charge in [0.15, 0.2) is 6.10 Å². The zero-order valence-corrected chi connectivity index (χ0v) is 8.61. The van der Waals surface area contributed by atoms with Crippen LogP contribution in [0, 0.1) is 6.92 Å². The lowest BCUT2D eigenvalue weighted by atomic mass is 10.2. The summed E-state index contributed by atoms with van der Waals surface area (Å²) in [6, 6.07) is 7.52. The van der Waals surface area contributed by atoms with Gasteiger partial charge >= 0.3 is 5.97 Å². The molecule has 0 fully saturated rings. The molecule has 0 aliphatic carbocycles. The maximum absolute atomic E-state index is 11.0. The van der Waals surface area contributed by atoms with Crippen molar-refractivity contribution in [3.63, 3.8) is 0 Å². The van der Waals surface area contributed by atoms with Crippen LogP contribution in [0.2, 0.25) is 0 Å². The summed E-state index contributed by atoms with van der Waals surface area (Å²) in [6.07, 6.45) is -0.567. The Morgan fingerprint density at radius 2 is 1.86 bits per heavy atom. The smallest absolute Gasteiger partial charge is 0.346 e. The van der Waals surface area contributed by atoms with E-state index in [-0.39, 0.29) is 5.97 Å². The largest absolute Gasteiger partial charge is 0.479 e. The van der Waals surface area contributed by atoms with Gasteiger partial charge in [0.05, 0.1) is 7.11 Å². The van der Waals surface area contributed by atoms with E-state index in [0.29, 0.717) is 5.75 Å². The average molecular weight is 194 g/mol. The van der Waals surface area contributed by atoms with Gasteiger partial charge in [-0.2, -0.15) is 0 Å². The molecule has 0 heterocycles. The third kappa shape index (κ3) is 2.76. The standard InChI is InChI=1S/C11H14O3/c1-8-4-6-10(7-5-8)14-9(2)11(12)13-3/h4-7,9H,1-3H3/t9-/m1/s1. The van der Waals surface area contributed by atoms with Crippen molar-refractivity contribution in [3.8, 4) is 5.75 Å². The summed E-state index contributed by atoms with van der Waals surface area (Å²) in [6.45, 7) is 3.65. The van der Waals surface area contributed by atoms with E-state index in [1.165, 1.54) is 7.11 Å². The second-order valence-electron chi connectivity index (χ2n) is 3.10. The number of ether oxygens (including phenoxy) is 2. The van der Waals surface area contributed by atoms with Crippen LogP contribution in [0.15, 0.2) is 24.3 Å². The molecule has 0 saturated carbocycles. The molecular formula is C11H14O3. The van der Waals surface area contributed by atoms with E-state index in [1.54, 1.807) is 6.92 Å². The minimum Gasteiger partial charge on any atom is -0.479 e. The summed E-state index contributed by atoms with van der Waals surface area (Å²) >= 11 is 0. The molecule has 14 heavy (non-hydrogen) atoms. The van der Waals surface area contributed by atoms with Gasteiger partial charge in [-0.05, 0) is 26.0 Å². The predicted molar refractivity (Wildman–Crippen MR) is 53.3 cm³/mol. The van der Waals surface area contributed by atoms with Crippen molar-refractivity contribution >= 4 is 5.97 Å². The molecule has 0 unspecified atom stereocenters. The molecule has 0 N–H and O–H groups in total. The third-order valence-electron chi connectivity index (χ3n) is 1.87. The number of hydrogen-bond acceptors (Lipinski definition) is 3. The first-order valence-electron chi connectivity index (χ1n) is 4.44. The molecule has 0 saturated heterocycles. The fourth-order valence-electron chi connectivity index (χ4n) is 1.04. The molecule has 1 atom stereocenters. The van der Waals surface area contributed by atoms with Crippen LogP contribution >= 0.6 is 0 Å². The molecule has 0 spiro atoms. The van der Waals surface area contributed by atoms with Gasteiger partial charge in [-0.15, -0.1) is 0 Å². The fraction of sp³-hybridized carbons (Fsp3) is 0.364. The zero-order valence-electron chi connectivity index (χ0n) is 8.61. The van der Waals surface area contributed by atoms with Crippen molar-refractivity contribution in [2.24, 2.45) is 0 Å². The van der Waals surface area contributed by atoms with Crippen LogP contribution in [0.4, 0.5) is 0 Å². The van der Waals surface area contributed by atoms with Crippen molar-refractivity contribution in [2.75, 3.05) is 7.11 Å². The van der Waals surface area contributed by atoms with Gasteiger partial charge in [0.25, 0.3) is 0 Å². The summed E-state index contributed by atoms with van der Waals surface area (Å²) in [5, 5.41) is 0. The summed E-state index contributed by atoms with van der Waals surface area (Å²) in [5.74, 6) is 0.305. The molecule has 3 nitrogen and oxygen atoms in total. The van der Waals surface area contributed by atoms with E-state index >= 15 is 0 Å². The summed E-state index contributed by atoms with van der Waals surface area (Å²) in [4.78, 5) is 11.0. The van der Waals surface area contributed by atoms with Crippen molar-refractivity contribution in [2.45, 2.75) is 20.0 Å². The van der Waals surface area contributed by atoms with E-state index in [9.17, 15) is 4.79 Å². The highest BCUT2D eigenvalue weighted by atomic mass is 16.6. The second-order valence-corrected chi connectivity index (χ2v) is 3.10. The van der Waals surface area contributed by atoms with Crippen LogP contribution in [0.1, 0.15) is 12.5 Å². The molecule has 0 aliphatic heterocycles. The minimum absolute atomic E-state index is 0.370. The topological polar surface area (TPSA) is 35.5 Å². The van der Waals surface area contributed by atoms with Crippen molar-refractivity contribution in [3.05, 3.63) is 29.8 Å². The quantitative estimate of drug-likeness (QED) is 0.690. The minimum atomic E-state index is -0.567. The number of methoxy groups -OCH3 is 1. The van der Waals surface area contributed by atoms with Crippen molar-refractivity contribution in [1.29, 1.82) is 0 Å². The van der Waals surface area contributed by atoms with Crippen LogP contribution in [-0.2, 0) is 9.53 Å². The van der Waals surface area contributed by atoms with Crippen LogP contribution < -0.4 is 4.74 Å². The Morgan fingerprint density at radius 1 is 1.29 bits per heavy atom. The van der Waals surface area contributed by atoms with Gasteiger partial charge in [-0.25, -0.2) is 4.79 Å². The van der Waals surface area contributed by atoms with Crippen LogP contribution in [0.3, 0.4) is 0 Å². The number of hydrogen-bond donors (Lipinski definition) is 0. The molecule has 0 aliphatic rings. The first kappa shape index (κ1) is 10.6. The maximum Gasteiger partial charge on any atom is 0.346 e. The molecule has 0 bridgehead atoms. The average Bonchev–Trinajstić information content (AvgIpc) is 2.20. The number of carbonyl (C=O) groups excluding carboxylic acids is 1. The predicted octanol–water partition coefficient (Wildman–Crippen LogP) is 1.94. The molecular weight excluding hydrogens is 180 g/mol. The van der Waals surface area contributed by atoms with Gasteiger partial charge < -0.3 is 9.47 Å². The first-order valence-corrected chi connectivity index (χ1v) is 4.44. The number of rotatable bonds is 3. The highest BCUT2D eigenvalue weighted by Gasteiger charge is 2.14. The molecule has 1 rings (SSSR count). The Labute approximate surface area is 83.6 Å². The molecule has 76 valence electrons. The molecule has 1 aromatic carbocycles. The molecule has 1 aromatic rings. The van der Waals surface area contributed by atoms with Gasteiger partial charge in [-0.3, -0.25) is 0 Å². The summed E-state index contributed by atoms with van der Waals surface area (Å²) < 4.78 is 9.89. The van der Waals surface area contributed by atoms with Crippen LogP contribution in [0.25, 0.3) is 0 Å². The van der Waals surface area contributed by atoms with Gasteiger partial charge in [0.2, 0.25) is 0 Å². The monoisotopic (exact) mass is 194 g/mol. The van der Waals surface area contributed by atoms with Crippen molar-refractivity contribution < 1.29 is 14.3 Å². The Kier molecular flexibility index (Phi) is 3.51. The number of esters is 1. The molecule has 0 aromatic heterocycles. The Balaban J connectivity index is 2.60. The van der Waals surface area contributed by atoms with E-state index in [4.69, 9.17) is 4.74 Å². The number of aryl methyl sites for hydroxylation is 1. The van der Waals surface area contributed by atoms with E-state index < -0.39 is 6.10 Å². The van der Waals surface area contributed by atoms with Crippen LogP contribution in [-0.4, -0.2) is 19.2 Å². The van der Waals surface area contributed by atoms with E-state index in [1.807, 2.05) is 31.2 Å². The van der Waals surface area contributed by atoms with E-state index in [0.717, 1.165) is 5.56 Å². The Bertz CT molecular complexity index is 303. The lowest BCUT2D eigenvalue weighted by molar-refractivity contribution is -0.147. The van der Waals surface area contributed by atoms with Gasteiger partial charge in [0, 0.05) is 0 Å². The van der Waals surface area contributed by atoms with Gasteiger partial charge in [-0.1, -0.05) is 17.7 Å². The number of benzene rings is 1. The highest BCUT2D eigenvalue weighted by molar-refractivity contribution is 5.74. The van der Waals surface area contributed by atoms with E-state index in [2.05, 4.69) is 4.74 Å². The number of carbonyl (C=O) groups is 1. The Hall–Kier alpha value is -1.51. The zero-order chi connectivity index (χ0) is 10.6. The maximum atomic E-state index is 11.0. The molecule has 0 amide bonds.